The van der Waals surface area contributed by atoms with Gasteiger partial charge in [0, 0.05) is 18.5 Å². The van der Waals surface area contributed by atoms with Gasteiger partial charge in [0.1, 0.15) is 11.6 Å². The van der Waals surface area contributed by atoms with Crippen LogP contribution in [0.4, 0.5) is 8.78 Å². The second kappa shape index (κ2) is 6.50. The van der Waals surface area contributed by atoms with Crippen molar-refractivity contribution in [1.82, 2.24) is 4.90 Å². The number of amides is 1. The zero-order valence-corrected chi connectivity index (χ0v) is 12.4. The van der Waals surface area contributed by atoms with Crippen molar-refractivity contribution in [2.24, 2.45) is 0 Å². The van der Waals surface area contributed by atoms with Crippen molar-refractivity contribution in [2.45, 2.75) is 31.4 Å². The summed E-state index contributed by atoms with van der Waals surface area (Å²) in [5.74, 6) is -1.33. The van der Waals surface area contributed by atoms with Gasteiger partial charge in [-0.3, -0.25) is 4.79 Å². The van der Waals surface area contributed by atoms with Gasteiger partial charge in [-0.25, -0.2) is 8.78 Å². The Morgan fingerprint density at radius 2 is 2.17 bits per heavy atom. The largest absolute Gasteiger partial charge is 0.472 e. The van der Waals surface area contributed by atoms with Gasteiger partial charge in [-0.2, -0.15) is 0 Å². The van der Waals surface area contributed by atoms with E-state index in [2.05, 4.69) is 0 Å². The lowest BCUT2D eigenvalue weighted by molar-refractivity contribution is -0.132. The summed E-state index contributed by atoms with van der Waals surface area (Å²) in [4.78, 5) is 13.9. The highest BCUT2D eigenvalue weighted by Gasteiger charge is 2.36. The Hall–Kier alpha value is -2.21. The zero-order valence-electron chi connectivity index (χ0n) is 12.4. The maximum Gasteiger partial charge on any atom is 0.223 e. The van der Waals surface area contributed by atoms with Crippen molar-refractivity contribution in [2.75, 3.05) is 6.54 Å². The number of β-amino-alcohol motifs (C(OH)–C–C–N with tert-alkyl or cyclic N) is 1. The molecule has 2 atom stereocenters. The lowest BCUT2D eigenvalue weighted by atomic mass is 10.0. The summed E-state index contributed by atoms with van der Waals surface area (Å²) in [7, 11) is 0. The molecule has 0 radical (unpaired) electrons. The van der Waals surface area contributed by atoms with Gasteiger partial charge in [0.05, 0.1) is 24.7 Å². The van der Waals surface area contributed by atoms with Crippen molar-refractivity contribution in [3.05, 3.63) is 59.6 Å². The molecule has 2 aromatic rings. The van der Waals surface area contributed by atoms with Crippen molar-refractivity contribution in [3.8, 4) is 0 Å². The van der Waals surface area contributed by atoms with E-state index in [1.165, 1.54) is 11.2 Å². The molecular weight excluding hydrogens is 304 g/mol. The van der Waals surface area contributed by atoms with E-state index in [0.717, 1.165) is 23.8 Å². The minimum atomic E-state index is -0.736. The molecule has 3 rings (SSSR count). The molecule has 1 N–H and O–H groups in total. The second-order valence-corrected chi connectivity index (χ2v) is 5.75. The van der Waals surface area contributed by atoms with Crippen molar-refractivity contribution < 1.29 is 23.1 Å². The highest BCUT2D eigenvalue weighted by atomic mass is 19.1. The number of halogens is 2. The van der Waals surface area contributed by atoms with Crippen LogP contribution in [0.1, 0.15) is 30.0 Å². The summed E-state index contributed by atoms with van der Waals surface area (Å²) in [5, 5.41) is 9.87. The maximum absolute atomic E-state index is 14.0. The van der Waals surface area contributed by atoms with Crippen molar-refractivity contribution in [1.29, 1.82) is 0 Å². The van der Waals surface area contributed by atoms with Crippen LogP contribution in [0.25, 0.3) is 0 Å². The molecule has 0 unspecified atom stereocenters. The number of hydrogen-bond donors (Lipinski definition) is 1. The average Bonchev–Trinajstić information content (AvgIpc) is 3.16. The fourth-order valence-electron chi connectivity index (χ4n) is 2.98. The predicted octanol–water partition coefficient (Wildman–Crippen LogP) is 2.82. The van der Waals surface area contributed by atoms with Gasteiger partial charge in [-0.1, -0.05) is 0 Å². The number of furan rings is 1. The van der Waals surface area contributed by atoms with Gasteiger partial charge < -0.3 is 14.4 Å². The van der Waals surface area contributed by atoms with E-state index in [4.69, 9.17) is 4.42 Å². The molecule has 1 aromatic carbocycles. The molecule has 0 saturated carbocycles. The van der Waals surface area contributed by atoms with Gasteiger partial charge in [-0.15, -0.1) is 0 Å². The molecule has 6 heteroatoms. The first kappa shape index (κ1) is 15.7. The van der Waals surface area contributed by atoms with Gasteiger partial charge in [-0.05, 0) is 42.7 Å². The summed E-state index contributed by atoms with van der Waals surface area (Å²) in [6.45, 7) is 0.130. The molecule has 23 heavy (non-hydrogen) atoms. The quantitative estimate of drug-likeness (QED) is 0.942. The molecule has 2 heterocycles. The highest BCUT2D eigenvalue weighted by Crippen LogP contribution is 2.34. The average molecular weight is 321 g/mol. The topological polar surface area (TPSA) is 53.7 Å². The first-order valence-electron chi connectivity index (χ1n) is 7.48. The number of benzene rings is 1. The second-order valence-electron chi connectivity index (χ2n) is 5.75. The van der Waals surface area contributed by atoms with Crippen LogP contribution < -0.4 is 0 Å². The number of aliphatic hydroxyl groups is 1. The number of hydrogen-bond acceptors (Lipinski definition) is 3. The Balaban J connectivity index is 1.76. The number of nitrogens with zero attached hydrogens (tertiary/aromatic N) is 1. The molecule has 1 saturated heterocycles. The molecule has 1 fully saturated rings. The number of likely N-dealkylation sites (tertiary alicyclic amines) is 1. The summed E-state index contributed by atoms with van der Waals surface area (Å²) in [6.07, 6.45) is 3.29. The third-order valence-electron chi connectivity index (χ3n) is 4.12. The summed E-state index contributed by atoms with van der Waals surface area (Å²) in [6, 6.07) is 4.31. The predicted molar refractivity (Wildman–Crippen MR) is 78.5 cm³/mol. The van der Waals surface area contributed by atoms with E-state index < -0.39 is 23.8 Å². The van der Waals surface area contributed by atoms with Crippen LogP contribution in [0.3, 0.4) is 0 Å². The van der Waals surface area contributed by atoms with Crippen molar-refractivity contribution >= 4 is 5.91 Å². The maximum atomic E-state index is 14.0. The monoisotopic (exact) mass is 321 g/mol. The fourth-order valence-corrected chi connectivity index (χ4v) is 2.98. The molecule has 1 aliphatic heterocycles. The summed E-state index contributed by atoms with van der Waals surface area (Å²) < 4.78 is 32.4. The molecule has 1 aliphatic rings. The van der Waals surface area contributed by atoms with E-state index in [-0.39, 0.29) is 30.9 Å². The molecular formula is C17H17F2NO3. The third kappa shape index (κ3) is 3.42. The number of rotatable bonds is 4. The molecule has 0 spiro atoms. The van der Waals surface area contributed by atoms with Crippen LogP contribution in [-0.4, -0.2) is 28.6 Å². The summed E-state index contributed by atoms with van der Waals surface area (Å²) in [5.41, 5.74) is 1.00. The first-order valence-corrected chi connectivity index (χ1v) is 7.48. The third-order valence-corrected chi connectivity index (χ3v) is 4.12. The molecule has 4 nitrogen and oxygen atoms in total. The molecule has 0 aliphatic carbocycles. The Labute approximate surface area is 132 Å². The van der Waals surface area contributed by atoms with Crippen LogP contribution >= 0.6 is 0 Å². The van der Waals surface area contributed by atoms with Crippen LogP contribution in [0.5, 0.6) is 0 Å². The van der Waals surface area contributed by atoms with Crippen LogP contribution in [0.15, 0.2) is 41.2 Å². The van der Waals surface area contributed by atoms with Crippen LogP contribution in [-0.2, 0) is 11.2 Å². The fraction of sp³-hybridized carbons (Fsp3) is 0.353. The van der Waals surface area contributed by atoms with Crippen molar-refractivity contribution in [3.63, 3.8) is 0 Å². The number of aliphatic hydroxyl groups excluding tert-OH is 1. The van der Waals surface area contributed by atoms with Gasteiger partial charge in [0.15, 0.2) is 0 Å². The van der Waals surface area contributed by atoms with Crippen LogP contribution in [0.2, 0.25) is 0 Å². The molecule has 1 aromatic heterocycles. The van der Waals surface area contributed by atoms with Crippen LogP contribution in [0, 0.1) is 11.6 Å². The minimum absolute atomic E-state index is 0.109. The van der Waals surface area contributed by atoms with Gasteiger partial charge in [0.25, 0.3) is 0 Å². The van der Waals surface area contributed by atoms with E-state index in [1.807, 2.05) is 0 Å². The number of carbonyl (C=O) groups is 1. The number of carbonyl (C=O) groups excluding carboxylic acids is 1. The van der Waals surface area contributed by atoms with E-state index in [0.29, 0.717) is 6.42 Å². The Bertz CT molecular complexity index is 687. The highest BCUT2D eigenvalue weighted by molar-refractivity contribution is 5.77. The smallest absolute Gasteiger partial charge is 0.223 e. The van der Waals surface area contributed by atoms with E-state index >= 15 is 0 Å². The van der Waals surface area contributed by atoms with E-state index in [1.54, 1.807) is 12.3 Å². The molecule has 1 amide bonds. The summed E-state index contributed by atoms with van der Waals surface area (Å²) >= 11 is 0. The standard InChI is InChI=1S/C17H17F2NO3/c18-12-2-3-15(19)14(7-12)16-8-13(21)9-20(16)17(22)4-1-11-5-6-23-10-11/h2-3,5-7,10,13,16,21H,1,4,8-9H2/t13-,16-/m1/s1. The normalized spacial score (nSPS) is 20.9. The lowest BCUT2D eigenvalue weighted by Gasteiger charge is -2.25. The van der Waals surface area contributed by atoms with E-state index in [9.17, 15) is 18.7 Å². The van der Waals surface area contributed by atoms with Gasteiger partial charge in [0.2, 0.25) is 5.91 Å². The van der Waals surface area contributed by atoms with Gasteiger partial charge >= 0.3 is 0 Å². The zero-order chi connectivity index (χ0) is 16.4. The molecule has 0 bridgehead atoms. The Kier molecular flexibility index (Phi) is 4.43. The Morgan fingerprint density at radius 1 is 1.35 bits per heavy atom. The number of aryl methyl sites for hydroxylation is 1. The lowest BCUT2D eigenvalue weighted by Crippen LogP contribution is -2.32. The SMILES string of the molecule is O=C(CCc1ccoc1)N1C[C@H](O)C[C@@H]1c1cc(F)ccc1F. The Morgan fingerprint density at radius 3 is 2.91 bits per heavy atom. The first-order chi connectivity index (χ1) is 11.0. The minimum Gasteiger partial charge on any atom is -0.472 e. The molecule has 122 valence electrons.